The summed E-state index contributed by atoms with van der Waals surface area (Å²) in [5.41, 5.74) is 0. The third-order valence-electron chi connectivity index (χ3n) is 2.41. The van der Waals surface area contributed by atoms with E-state index in [1.54, 1.807) is 12.4 Å². The lowest BCUT2D eigenvalue weighted by atomic mass is 10.2. The zero-order chi connectivity index (χ0) is 11.2. The van der Waals surface area contributed by atoms with Crippen molar-refractivity contribution in [3.63, 3.8) is 0 Å². The summed E-state index contributed by atoms with van der Waals surface area (Å²) in [4.78, 5) is 8.33. The van der Waals surface area contributed by atoms with Crippen LogP contribution in [0.25, 0.3) is 0 Å². The van der Waals surface area contributed by atoms with Crippen molar-refractivity contribution in [1.29, 1.82) is 0 Å². The van der Waals surface area contributed by atoms with Crippen LogP contribution in [0.15, 0.2) is 12.4 Å². The number of hydrogen-bond donors (Lipinski definition) is 1. The normalized spacial score (nSPS) is 19.7. The van der Waals surface area contributed by atoms with Gasteiger partial charge in [-0.1, -0.05) is 0 Å². The number of rotatable bonds is 5. The fourth-order valence-corrected chi connectivity index (χ4v) is 1.64. The Morgan fingerprint density at radius 2 is 2.50 bits per heavy atom. The van der Waals surface area contributed by atoms with Crippen molar-refractivity contribution in [2.45, 2.75) is 25.9 Å². The molecule has 1 N–H and O–H groups in total. The van der Waals surface area contributed by atoms with E-state index in [9.17, 15) is 0 Å². The van der Waals surface area contributed by atoms with Crippen molar-refractivity contribution >= 4 is 5.82 Å². The van der Waals surface area contributed by atoms with Crippen LogP contribution in [0.1, 0.15) is 19.8 Å². The van der Waals surface area contributed by atoms with Crippen LogP contribution >= 0.6 is 0 Å². The summed E-state index contributed by atoms with van der Waals surface area (Å²) in [5, 5.41) is 3.09. The van der Waals surface area contributed by atoms with Gasteiger partial charge in [0.1, 0.15) is 12.4 Å². The Morgan fingerprint density at radius 3 is 3.25 bits per heavy atom. The molecule has 0 spiro atoms. The van der Waals surface area contributed by atoms with Gasteiger partial charge in [0.2, 0.25) is 5.88 Å². The highest BCUT2D eigenvalue weighted by Gasteiger charge is 2.16. The van der Waals surface area contributed by atoms with Crippen LogP contribution in [-0.4, -0.2) is 35.8 Å². The predicted octanol–water partition coefficient (Wildman–Crippen LogP) is 1.47. The van der Waals surface area contributed by atoms with Gasteiger partial charge >= 0.3 is 0 Å². The van der Waals surface area contributed by atoms with Crippen LogP contribution in [0.5, 0.6) is 5.88 Å². The first kappa shape index (κ1) is 11.1. The Hall–Kier alpha value is -1.36. The molecule has 1 fully saturated rings. The number of hydrogen-bond acceptors (Lipinski definition) is 5. The maximum atomic E-state index is 5.54. The van der Waals surface area contributed by atoms with Crippen LogP contribution < -0.4 is 10.1 Å². The highest BCUT2D eigenvalue weighted by Crippen LogP contribution is 2.14. The fraction of sp³-hybridized carbons (Fsp3) is 0.636. The van der Waals surface area contributed by atoms with E-state index < -0.39 is 0 Å². The van der Waals surface area contributed by atoms with Crippen LogP contribution in [0.2, 0.25) is 0 Å². The quantitative estimate of drug-likeness (QED) is 0.819. The van der Waals surface area contributed by atoms with Gasteiger partial charge < -0.3 is 14.8 Å². The maximum Gasteiger partial charge on any atom is 0.234 e. The van der Waals surface area contributed by atoms with Crippen molar-refractivity contribution < 1.29 is 9.47 Å². The Balaban J connectivity index is 1.85. The van der Waals surface area contributed by atoms with E-state index in [1.165, 1.54) is 0 Å². The standard InChI is InChI=1S/C11H17N3O2/c1-2-13-10-6-12-7-11(14-10)16-8-9-4-3-5-15-9/h6-7,9H,2-5,8H2,1H3,(H,13,14). The largest absolute Gasteiger partial charge is 0.474 e. The molecule has 0 saturated carbocycles. The Labute approximate surface area is 95.2 Å². The minimum absolute atomic E-state index is 0.213. The first-order valence-corrected chi connectivity index (χ1v) is 5.69. The monoisotopic (exact) mass is 223 g/mol. The average molecular weight is 223 g/mol. The van der Waals surface area contributed by atoms with Crippen molar-refractivity contribution in [2.75, 3.05) is 25.1 Å². The van der Waals surface area contributed by atoms with E-state index >= 15 is 0 Å². The molecule has 88 valence electrons. The molecule has 1 aromatic rings. The molecule has 2 rings (SSSR count). The van der Waals surface area contributed by atoms with Gasteiger partial charge in [-0.3, -0.25) is 4.98 Å². The molecule has 0 amide bonds. The number of aromatic nitrogens is 2. The molecule has 1 unspecified atom stereocenters. The Morgan fingerprint density at radius 1 is 1.56 bits per heavy atom. The van der Waals surface area contributed by atoms with E-state index in [0.29, 0.717) is 12.5 Å². The van der Waals surface area contributed by atoms with E-state index in [4.69, 9.17) is 9.47 Å². The number of anilines is 1. The topological polar surface area (TPSA) is 56.3 Å². The zero-order valence-electron chi connectivity index (χ0n) is 9.48. The molecule has 1 saturated heterocycles. The van der Waals surface area contributed by atoms with Gasteiger partial charge in [0.05, 0.1) is 18.5 Å². The molecule has 0 aliphatic carbocycles. The summed E-state index contributed by atoms with van der Waals surface area (Å²) < 4.78 is 11.0. The summed E-state index contributed by atoms with van der Waals surface area (Å²) >= 11 is 0. The molecular formula is C11H17N3O2. The SMILES string of the molecule is CCNc1cncc(OCC2CCCO2)n1. The highest BCUT2D eigenvalue weighted by molar-refractivity contribution is 5.32. The summed E-state index contributed by atoms with van der Waals surface area (Å²) in [5.74, 6) is 1.29. The fourth-order valence-electron chi connectivity index (χ4n) is 1.64. The second-order valence-electron chi connectivity index (χ2n) is 3.72. The highest BCUT2D eigenvalue weighted by atomic mass is 16.5. The maximum absolute atomic E-state index is 5.54. The van der Waals surface area contributed by atoms with E-state index in [-0.39, 0.29) is 6.10 Å². The second kappa shape index (κ2) is 5.65. The summed E-state index contributed by atoms with van der Waals surface area (Å²) in [6.45, 7) is 4.24. The van der Waals surface area contributed by atoms with Crippen LogP contribution in [0.3, 0.4) is 0 Å². The molecule has 1 aliphatic rings. The van der Waals surface area contributed by atoms with Gasteiger partial charge in [-0.15, -0.1) is 0 Å². The Kier molecular flexibility index (Phi) is 3.93. The first-order valence-electron chi connectivity index (χ1n) is 5.69. The first-order chi connectivity index (χ1) is 7.88. The second-order valence-corrected chi connectivity index (χ2v) is 3.72. The van der Waals surface area contributed by atoms with Gasteiger partial charge in [-0.2, -0.15) is 4.98 Å². The molecular weight excluding hydrogens is 206 g/mol. The molecule has 2 heterocycles. The summed E-state index contributed by atoms with van der Waals surface area (Å²) in [6.07, 6.45) is 5.71. The van der Waals surface area contributed by atoms with Crippen molar-refractivity contribution in [3.05, 3.63) is 12.4 Å². The number of ether oxygens (including phenoxy) is 2. The molecule has 0 radical (unpaired) electrons. The zero-order valence-corrected chi connectivity index (χ0v) is 9.48. The molecule has 1 atom stereocenters. The Bertz CT molecular complexity index is 327. The van der Waals surface area contributed by atoms with Crippen LogP contribution in [0, 0.1) is 0 Å². The molecule has 0 aromatic carbocycles. The molecule has 5 nitrogen and oxygen atoms in total. The van der Waals surface area contributed by atoms with Gasteiger partial charge in [-0.25, -0.2) is 0 Å². The number of nitrogens with zero attached hydrogens (tertiary/aromatic N) is 2. The van der Waals surface area contributed by atoms with E-state index in [0.717, 1.165) is 31.8 Å². The smallest absolute Gasteiger partial charge is 0.234 e. The molecule has 0 bridgehead atoms. The van der Waals surface area contributed by atoms with Crippen LogP contribution in [-0.2, 0) is 4.74 Å². The van der Waals surface area contributed by atoms with E-state index in [2.05, 4.69) is 15.3 Å². The predicted molar refractivity (Wildman–Crippen MR) is 60.7 cm³/mol. The lowest BCUT2D eigenvalue weighted by molar-refractivity contribution is 0.0662. The van der Waals surface area contributed by atoms with E-state index in [1.807, 2.05) is 6.92 Å². The minimum Gasteiger partial charge on any atom is -0.474 e. The molecule has 1 aliphatic heterocycles. The van der Waals surface area contributed by atoms with Crippen LogP contribution in [0.4, 0.5) is 5.82 Å². The summed E-state index contributed by atoms with van der Waals surface area (Å²) in [7, 11) is 0. The third-order valence-corrected chi connectivity index (χ3v) is 2.41. The average Bonchev–Trinajstić information content (AvgIpc) is 2.80. The van der Waals surface area contributed by atoms with Gasteiger partial charge in [0.25, 0.3) is 0 Å². The van der Waals surface area contributed by atoms with Crippen molar-refractivity contribution in [2.24, 2.45) is 0 Å². The molecule has 16 heavy (non-hydrogen) atoms. The van der Waals surface area contributed by atoms with Gasteiger partial charge in [0.15, 0.2) is 0 Å². The lowest BCUT2D eigenvalue weighted by Gasteiger charge is -2.11. The van der Waals surface area contributed by atoms with Crippen molar-refractivity contribution in [3.8, 4) is 5.88 Å². The lowest BCUT2D eigenvalue weighted by Crippen LogP contribution is -2.17. The number of nitrogens with one attached hydrogen (secondary N) is 1. The summed E-state index contributed by atoms with van der Waals surface area (Å²) in [6, 6.07) is 0. The van der Waals surface area contributed by atoms with Gasteiger partial charge in [0, 0.05) is 13.2 Å². The molecule has 5 heteroatoms. The van der Waals surface area contributed by atoms with Gasteiger partial charge in [-0.05, 0) is 19.8 Å². The minimum atomic E-state index is 0.213. The van der Waals surface area contributed by atoms with Crippen molar-refractivity contribution in [1.82, 2.24) is 9.97 Å². The molecule has 1 aromatic heterocycles. The third kappa shape index (κ3) is 3.06.